The molecule has 3 atom stereocenters. The molecule has 2 N–H and O–H groups in total. The number of aromatic carboxylic acids is 1. The molecule has 0 saturated carbocycles. The van der Waals surface area contributed by atoms with Crippen molar-refractivity contribution in [3.63, 3.8) is 0 Å². The Morgan fingerprint density at radius 2 is 1.77 bits per heavy atom. The van der Waals surface area contributed by atoms with E-state index < -0.39 is 17.7 Å². The van der Waals surface area contributed by atoms with E-state index in [0.717, 1.165) is 28.4 Å². The maximum atomic E-state index is 13.3. The molecule has 152 valence electrons. The third-order valence-electron chi connectivity index (χ3n) is 6.22. The van der Waals surface area contributed by atoms with Gasteiger partial charge in [-0.25, -0.2) is 4.79 Å². The fraction of sp³-hybridized carbons (Fsp3) is 0.208. The van der Waals surface area contributed by atoms with Gasteiger partial charge in [-0.2, -0.15) is 13.2 Å². The Labute approximate surface area is 171 Å². The van der Waals surface area contributed by atoms with Crippen LogP contribution in [0.5, 0.6) is 0 Å². The lowest BCUT2D eigenvalue weighted by molar-refractivity contribution is -0.137. The van der Waals surface area contributed by atoms with E-state index in [0.29, 0.717) is 12.0 Å². The van der Waals surface area contributed by atoms with Crippen molar-refractivity contribution in [1.29, 1.82) is 0 Å². The van der Waals surface area contributed by atoms with Crippen LogP contribution < -0.4 is 5.32 Å². The van der Waals surface area contributed by atoms with Crippen molar-refractivity contribution in [1.82, 2.24) is 0 Å². The van der Waals surface area contributed by atoms with Crippen LogP contribution >= 0.6 is 0 Å². The molecule has 0 saturated heterocycles. The number of benzene rings is 3. The molecule has 0 spiro atoms. The fourth-order valence-corrected chi connectivity index (χ4v) is 4.93. The Morgan fingerprint density at radius 3 is 2.53 bits per heavy atom. The summed E-state index contributed by atoms with van der Waals surface area (Å²) in [6.45, 7) is 0. The highest BCUT2D eigenvalue weighted by Gasteiger charge is 2.44. The number of anilines is 1. The van der Waals surface area contributed by atoms with Crippen LogP contribution in [0.25, 0.3) is 0 Å². The van der Waals surface area contributed by atoms with Gasteiger partial charge < -0.3 is 10.4 Å². The second kappa shape index (κ2) is 6.62. The maximum Gasteiger partial charge on any atom is 0.416 e. The number of hydrogen-bond donors (Lipinski definition) is 2. The SMILES string of the molecule is O=C(O)c1ccc2c(c1)[C@@H]1c3ccccc3C[C@@H]1[C@@H](c1cccc(C(F)(F)F)c1)N2. The van der Waals surface area contributed by atoms with Crippen molar-refractivity contribution in [3.05, 3.63) is 100 Å². The highest BCUT2D eigenvalue weighted by molar-refractivity contribution is 5.89. The topological polar surface area (TPSA) is 49.3 Å². The van der Waals surface area contributed by atoms with E-state index in [-0.39, 0.29) is 23.4 Å². The predicted octanol–water partition coefficient (Wildman–Crippen LogP) is 5.87. The van der Waals surface area contributed by atoms with Crippen LogP contribution in [0, 0.1) is 5.92 Å². The summed E-state index contributed by atoms with van der Waals surface area (Å²) >= 11 is 0. The summed E-state index contributed by atoms with van der Waals surface area (Å²) in [6, 6.07) is 18.1. The first-order valence-corrected chi connectivity index (χ1v) is 9.71. The van der Waals surface area contributed by atoms with Crippen molar-refractivity contribution >= 4 is 11.7 Å². The molecule has 5 rings (SSSR count). The van der Waals surface area contributed by atoms with Gasteiger partial charge in [0, 0.05) is 11.6 Å². The molecule has 1 aliphatic heterocycles. The second-order valence-corrected chi connectivity index (χ2v) is 7.90. The van der Waals surface area contributed by atoms with Crippen LogP contribution in [0.2, 0.25) is 0 Å². The van der Waals surface area contributed by atoms with Gasteiger partial charge in [0.15, 0.2) is 0 Å². The Kier molecular flexibility index (Phi) is 4.13. The van der Waals surface area contributed by atoms with Crippen molar-refractivity contribution in [2.75, 3.05) is 5.32 Å². The van der Waals surface area contributed by atoms with E-state index in [9.17, 15) is 23.1 Å². The molecule has 0 fully saturated rings. The lowest BCUT2D eigenvalue weighted by Crippen LogP contribution is -2.30. The molecular weight excluding hydrogens is 391 g/mol. The van der Waals surface area contributed by atoms with Gasteiger partial charge in [-0.15, -0.1) is 0 Å². The van der Waals surface area contributed by atoms with E-state index in [2.05, 4.69) is 5.32 Å². The van der Waals surface area contributed by atoms with Crippen LogP contribution in [0.1, 0.15) is 50.1 Å². The molecule has 2 aliphatic rings. The minimum atomic E-state index is -4.41. The van der Waals surface area contributed by atoms with Crippen LogP contribution in [-0.2, 0) is 12.6 Å². The van der Waals surface area contributed by atoms with Crippen molar-refractivity contribution in [2.24, 2.45) is 5.92 Å². The van der Waals surface area contributed by atoms with E-state index in [4.69, 9.17) is 0 Å². The summed E-state index contributed by atoms with van der Waals surface area (Å²) in [5.41, 5.74) is 4.04. The summed E-state index contributed by atoms with van der Waals surface area (Å²) in [4.78, 5) is 11.5. The molecule has 3 aromatic rings. The van der Waals surface area contributed by atoms with Crippen LogP contribution in [0.3, 0.4) is 0 Å². The summed E-state index contributed by atoms with van der Waals surface area (Å²) < 4.78 is 39.9. The molecule has 0 amide bonds. The van der Waals surface area contributed by atoms with Crippen molar-refractivity contribution < 1.29 is 23.1 Å². The molecule has 0 aromatic heterocycles. The van der Waals surface area contributed by atoms with Crippen LogP contribution in [0.15, 0.2) is 66.7 Å². The first kappa shape index (κ1) is 18.7. The van der Waals surface area contributed by atoms with E-state index in [1.807, 2.05) is 24.3 Å². The fourth-order valence-electron chi connectivity index (χ4n) is 4.93. The average molecular weight is 409 g/mol. The molecule has 0 bridgehead atoms. The molecule has 1 heterocycles. The summed E-state index contributed by atoms with van der Waals surface area (Å²) in [6.07, 6.45) is -3.69. The van der Waals surface area contributed by atoms with E-state index >= 15 is 0 Å². The Balaban J connectivity index is 1.66. The molecule has 6 heteroatoms. The molecule has 3 nitrogen and oxygen atoms in total. The lowest BCUT2D eigenvalue weighted by atomic mass is 9.75. The van der Waals surface area contributed by atoms with Gasteiger partial charge in [0.05, 0.1) is 17.2 Å². The van der Waals surface area contributed by atoms with Gasteiger partial charge >= 0.3 is 12.1 Å². The maximum absolute atomic E-state index is 13.3. The molecule has 0 radical (unpaired) electrons. The number of rotatable bonds is 2. The van der Waals surface area contributed by atoms with Crippen molar-refractivity contribution in [3.8, 4) is 0 Å². The Hall–Kier alpha value is -3.28. The molecule has 1 aliphatic carbocycles. The Morgan fingerprint density at radius 1 is 0.967 bits per heavy atom. The number of carbonyl (C=O) groups is 1. The summed E-state index contributed by atoms with van der Waals surface area (Å²) in [5, 5.41) is 12.8. The highest BCUT2D eigenvalue weighted by atomic mass is 19.4. The number of nitrogens with one attached hydrogen (secondary N) is 1. The molecule has 0 unspecified atom stereocenters. The largest absolute Gasteiger partial charge is 0.478 e. The van der Waals surface area contributed by atoms with Crippen LogP contribution in [0.4, 0.5) is 18.9 Å². The van der Waals surface area contributed by atoms with E-state index in [1.54, 1.807) is 18.2 Å². The number of alkyl halides is 3. The van der Waals surface area contributed by atoms with E-state index in [1.165, 1.54) is 18.2 Å². The third-order valence-corrected chi connectivity index (χ3v) is 6.22. The van der Waals surface area contributed by atoms with Gasteiger partial charge in [0.2, 0.25) is 0 Å². The van der Waals surface area contributed by atoms with Crippen molar-refractivity contribution in [2.45, 2.75) is 24.6 Å². The molecule has 3 aromatic carbocycles. The predicted molar refractivity (Wildman–Crippen MR) is 107 cm³/mol. The summed E-state index contributed by atoms with van der Waals surface area (Å²) in [7, 11) is 0. The molecular formula is C24H18F3NO2. The summed E-state index contributed by atoms with van der Waals surface area (Å²) in [5.74, 6) is -1.08. The number of carboxylic acids is 1. The average Bonchev–Trinajstić information content (AvgIpc) is 3.12. The first-order valence-electron chi connectivity index (χ1n) is 9.71. The highest BCUT2D eigenvalue weighted by Crippen LogP contribution is 2.54. The standard InChI is InChI=1S/C24H18F3NO2/c25-24(26,27)16-6-3-5-14(10-16)22-19-11-13-4-1-2-7-17(13)21(19)18-12-15(23(29)30)8-9-20(18)28-22/h1-10,12,19,21-22,28H,11H2,(H,29,30)/t19-,21-,22+/m0/s1. The zero-order valence-electron chi connectivity index (χ0n) is 15.8. The number of fused-ring (bicyclic) bond motifs is 5. The zero-order chi connectivity index (χ0) is 21.0. The minimum Gasteiger partial charge on any atom is -0.478 e. The van der Waals surface area contributed by atoms with Gasteiger partial charge in [-0.1, -0.05) is 36.4 Å². The quantitative estimate of drug-likeness (QED) is 0.556. The second-order valence-electron chi connectivity index (χ2n) is 7.90. The first-order chi connectivity index (χ1) is 14.3. The van der Waals surface area contributed by atoms with Crippen LogP contribution in [-0.4, -0.2) is 11.1 Å². The molecule has 30 heavy (non-hydrogen) atoms. The number of carboxylic acid groups (broad SMARTS) is 1. The monoisotopic (exact) mass is 409 g/mol. The zero-order valence-corrected chi connectivity index (χ0v) is 15.8. The number of hydrogen-bond acceptors (Lipinski definition) is 2. The van der Waals surface area contributed by atoms with Gasteiger partial charge in [0.1, 0.15) is 0 Å². The number of halogens is 3. The lowest BCUT2D eigenvalue weighted by Gasteiger charge is -2.38. The smallest absolute Gasteiger partial charge is 0.416 e. The third kappa shape index (κ3) is 2.95. The minimum absolute atomic E-state index is 0.0116. The normalized spacial score (nSPS) is 21.9. The van der Waals surface area contributed by atoms with Gasteiger partial charge in [-0.05, 0) is 64.9 Å². The Bertz CT molecular complexity index is 1160. The van der Waals surface area contributed by atoms with Gasteiger partial charge in [-0.3, -0.25) is 0 Å². The van der Waals surface area contributed by atoms with Gasteiger partial charge in [0.25, 0.3) is 0 Å².